The number of rotatable bonds is 5. The molecule has 0 aliphatic carbocycles. The Kier molecular flexibility index (Phi) is 5.29. The summed E-state index contributed by atoms with van der Waals surface area (Å²) in [5.74, 6) is 0.189. The Bertz CT molecular complexity index is 1350. The molecule has 0 saturated heterocycles. The average molecular weight is 417 g/mol. The van der Waals surface area contributed by atoms with Crippen LogP contribution in [0.25, 0.3) is 27.5 Å². The second-order valence-corrected chi connectivity index (χ2v) is 8.00. The van der Waals surface area contributed by atoms with Gasteiger partial charge in [0.2, 0.25) is 0 Å². The SMILES string of the molecule is CCn1c(SC(C)/C(O)=C(\C#N)c2nc3ccccc3[nH]2)nc2ccccc2c1=O. The molecule has 4 aromatic rings. The van der Waals surface area contributed by atoms with E-state index in [4.69, 9.17) is 0 Å². The molecule has 0 aliphatic rings. The summed E-state index contributed by atoms with van der Waals surface area (Å²) in [6.07, 6.45) is 0. The molecular formula is C22H19N5O2S. The minimum Gasteiger partial charge on any atom is -0.510 e. The number of hydrogen-bond acceptors (Lipinski definition) is 6. The van der Waals surface area contributed by atoms with Gasteiger partial charge in [-0.3, -0.25) is 9.36 Å². The lowest BCUT2D eigenvalue weighted by molar-refractivity contribution is 0.401. The number of aliphatic hydroxyl groups excluding tert-OH is 1. The van der Waals surface area contributed by atoms with E-state index in [0.717, 1.165) is 5.52 Å². The number of fused-ring (bicyclic) bond motifs is 2. The standard InChI is InChI=1S/C22H19N5O2S/c1-3-27-21(29)14-8-4-5-9-16(14)26-22(27)30-13(2)19(28)15(12-23)20-24-17-10-6-7-11-18(17)25-20/h4-11,13,28H,3H2,1-2H3,(H,24,25)/b19-15-. The van der Waals surface area contributed by atoms with Crippen molar-refractivity contribution in [3.8, 4) is 6.07 Å². The molecule has 0 aliphatic heterocycles. The van der Waals surface area contributed by atoms with Gasteiger partial charge in [-0.1, -0.05) is 36.0 Å². The van der Waals surface area contributed by atoms with Crippen LogP contribution in [-0.4, -0.2) is 29.9 Å². The third-order valence-electron chi connectivity index (χ3n) is 4.80. The van der Waals surface area contributed by atoms with Crippen LogP contribution in [0, 0.1) is 11.3 Å². The van der Waals surface area contributed by atoms with Crippen LogP contribution in [-0.2, 0) is 6.54 Å². The molecule has 2 aromatic carbocycles. The first-order valence-corrected chi connectivity index (χ1v) is 10.4. The number of thioether (sulfide) groups is 1. The fourth-order valence-corrected chi connectivity index (χ4v) is 4.27. The van der Waals surface area contributed by atoms with Gasteiger partial charge in [0.1, 0.15) is 17.4 Å². The predicted octanol–water partition coefficient (Wildman–Crippen LogP) is 4.27. The van der Waals surface area contributed by atoms with Gasteiger partial charge in [0, 0.05) is 6.54 Å². The van der Waals surface area contributed by atoms with Crippen molar-refractivity contribution in [2.24, 2.45) is 0 Å². The Balaban J connectivity index is 1.74. The van der Waals surface area contributed by atoms with E-state index in [1.165, 1.54) is 11.8 Å². The third-order valence-corrected chi connectivity index (χ3v) is 5.90. The first-order chi connectivity index (χ1) is 14.5. The highest BCUT2D eigenvalue weighted by molar-refractivity contribution is 7.99. The summed E-state index contributed by atoms with van der Waals surface area (Å²) in [5.41, 5.74) is 2.04. The maximum absolute atomic E-state index is 12.8. The molecule has 7 nitrogen and oxygen atoms in total. The normalized spacial score (nSPS) is 13.2. The highest BCUT2D eigenvalue weighted by Gasteiger charge is 2.21. The molecule has 8 heteroatoms. The molecule has 2 heterocycles. The van der Waals surface area contributed by atoms with Crippen molar-refractivity contribution in [3.63, 3.8) is 0 Å². The van der Waals surface area contributed by atoms with Crippen LogP contribution in [0.2, 0.25) is 0 Å². The van der Waals surface area contributed by atoms with Crippen molar-refractivity contribution in [2.45, 2.75) is 30.8 Å². The van der Waals surface area contributed by atoms with Gasteiger partial charge in [-0.2, -0.15) is 5.26 Å². The first-order valence-electron chi connectivity index (χ1n) is 9.48. The molecule has 0 spiro atoms. The molecule has 0 bridgehead atoms. The highest BCUT2D eigenvalue weighted by Crippen LogP contribution is 2.30. The summed E-state index contributed by atoms with van der Waals surface area (Å²) in [6.45, 7) is 4.09. The van der Waals surface area contributed by atoms with Gasteiger partial charge in [-0.05, 0) is 38.1 Å². The Morgan fingerprint density at radius 1 is 1.20 bits per heavy atom. The van der Waals surface area contributed by atoms with E-state index in [1.54, 1.807) is 23.6 Å². The Morgan fingerprint density at radius 2 is 1.90 bits per heavy atom. The predicted molar refractivity (Wildman–Crippen MR) is 118 cm³/mol. The monoisotopic (exact) mass is 417 g/mol. The molecule has 0 radical (unpaired) electrons. The molecule has 150 valence electrons. The van der Waals surface area contributed by atoms with Crippen molar-refractivity contribution in [3.05, 3.63) is 70.5 Å². The zero-order valence-corrected chi connectivity index (χ0v) is 17.3. The number of imidazole rings is 1. The third kappa shape index (κ3) is 3.44. The molecule has 0 amide bonds. The Labute approximate surface area is 176 Å². The number of benzene rings is 2. The summed E-state index contributed by atoms with van der Waals surface area (Å²) in [5, 5.41) is 21.0. The first kappa shape index (κ1) is 19.7. The summed E-state index contributed by atoms with van der Waals surface area (Å²) >= 11 is 1.23. The zero-order chi connectivity index (χ0) is 21.3. The number of aliphatic hydroxyl groups is 1. The maximum atomic E-state index is 12.8. The lowest BCUT2D eigenvalue weighted by Crippen LogP contribution is -2.23. The van der Waals surface area contributed by atoms with Crippen LogP contribution in [0.5, 0.6) is 0 Å². The van der Waals surface area contributed by atoms with Gasteiger partial charge >= 0.3 is 0 Å². The number of hydrogen-bond donors (Lipinski definition) is 2. The molecule has 0 fully saturated rings. The largest absolute Gasteiger partial charge is 0.510 e. The number of H-pyrrole nitrogens is 1. The van der Waals surface area contributed by atoms with Gasteiger partial charge in [0.05, 0.1) is 27.2 Å². The quantitative estimate of drug-likeness (QED) is 0.217. The lowest BCUT2D eigenvalue weighted by Gasteiger charge is -2.15. The topological polar surface area (TPSA) is 108 Å². The van der Waals surface area contributed by atoms with E-state index in [0.29, 0.717) is 33.9 Å². The second kappa shape index (κ2) is 8.05. The molecule has 2 aromatic heterocycles. The van der Waals surface area contributed by atoms with E-state index in [2.05, 4.69) is 15.0 Å². The van der Waals surface area contributed by atoms with Gasteiger partial charge in [0.25, 0.3) is 5.56 Å². The summed E-state index contributed by atoms with van der Waals surface area (Å²) < 4.78 is 1.57. The molecule has 1 unspecified atom stereocenters. The van der Waals surface area contributed by atoms with Crippen LogP contribution in [0.4, 0.5) is 0 Å². The van der Waals surface area contributed by atoms with Crippen LogP contribution < -0.4 is 5.56 Å². The molecule has 30 heavy (non-hydrogen) atoms. The maximum Gasteiger partial charge on any atom is 0.262 e. The van der Waals surface area contributed by atoms with Crippen molar-refractivity contribution in [1.82, 2.24) is 19.5 Å². The molecule has 2 N–H and O–H groups in total. The number of aromatic nitrogens is 4. The number of nitrogens with one attached hydrogen (secondary N) is 1. The van der Waals surface area contributed by atoms with Gasteiger partial charge in [-0.15, -0.1) is 0 Å². The molecule has 0 saturated carbocycles. The van der Waals surface area contributed by atoms with Crippen LogP contribution in [0.3, 0.4) is 0 Å². The van der Waals surface area contributed by atoms with Gasteiger partial charge < -0.3 is 10.1 Å². The van der Waals surface area contributed by atoms with Crippen molar-refractivity contribution in [1.29, 1.82) is 5.26 Å². The summed E-state index contributed by atoms with van der Waals surface area (Å²) in [6, 6.07) is 16.6. The van der Waals surface area contributed by atoms with Crippen LogP contribution in [0.15, 0.2) is 64.2 Å². The van der Waals surface area contributed by atoms with Crippen LogP contribution in [0.1, 0.15) is 19.7 Å². The minimum absolute atomic E-state index is 0.0670. The average Bonchev–Trinajstić information content (AvgIpc) is 3.18. The smallest absolute Gasteiger partial charge is 0.262 e. The van der Waals surface area contributed by atoms with Gasteiger partial charge in [0.15, 0.2) is 11.0 Å². The summed E-state index contributed by atoms with van der Waals surface area (Å²) in [4.78, 5) is 24.9. The van der Waals surface area contributed by atoms with Gasteiger partial charge in [-0.25, -0.2) is 9.97 Å². The van der Waals surface area contributed by atoms with Crippen LogP contribution >= 0.6 is 11.8 Å². The fraction of sp³-hybridized carbons (Fsp3) is 0.182. The number of nitriles is 1. The molecule has 1 atom stereocenters. The Morgan fingerprint density at radius 3 is 2.60 bits per heavy atom. The zero-order valence-electron chi connectivity index (χ0n) is 16.5. The minimum atomic E-state index is -0.515. The van der Waals surface area contributed by atoms with Crippen molar-refractivity contribution in [2.75, 3.05) is 0 Å². The number of aromatic amines is 1. The van der Waals surface area contributed by atoms with E-state index in [9.17, 15) is 15.2 Å². The Hall–Kier alpha value is -3.57. The van der Waals surface area contributed by atoms with E-state index < -0.39 is 5.25 Å². The van der Waals surface area contributed by atoms with E-state index >= 15 is 0 Å². The number of para-hydroxylation sites is 3. The molecular weight excluding hydrogens is 398 g/mol. The fourth-order valence-electron chi connectivity index (χ4n) is 3.24. The number of nitrogens with zero attached hydrogens (tertiary/aromatic N) is 4. The summed E-state index contributed by atoms with van der Waals surface area (Å²) in [7, 11) is 0. The lowest BCUT2D eigenvalue weighted by atomic mass is 10.2. The van der Waals surface area contributed by atoms with E-state index in [1.807, 2.05) is 49.4 Å². The molecule has 4 rings (SSSR count). The second-order valence-electron chi connectivity index (χ2n) is 6.70. The highest BCUT2D eigenvalue weighted by atomic mass is 32.2. The van der Waals surface area contributed by atoms with Crippen molar-refractivity contribution >= 4 is 39.3 Å². The number of allylic oxidation sites excluding steroid dienone is 1. The van der Waals surface area contributed by atoms with E-state index in [-0.39, 0.29) is 16.9 Å². The van der Waals surface area contributed by atoms with Crippen molar-refractivity contribution < 1.29 is 5.11 Å².